The van der Waals surface area contributed by atoms with Gasteiger partial charge < -0.3 is 0 Å². The molecule has 0 saturated heterocycles. The molecule has 0 saturated carbocycles. The Bertz CT molecular complexity index is 2330. The topological polar surface area (TPSA) is 8.81 Å². The molecule has 8 rings (SSSR count). The predicted octanol–water partition coefficient (Wildman–Crippen LogP) is 9.92. The first-order valence-corrected chi connectivity index (χ1v) is 15.1. The van der Waals surface area contributed by atoms with Crippen LogP contribution in [0, 0.1) is 26.6 Å². The zero-order valence-corrected chi connectivity index (χ0v) is 24.3. The van der Waals surface area contributed by atoms with Crippen molar-refractivity contribution in [3.05, 3.63) is 107 Å². The molecule has 0 aliphatic rings. The molecule has 5 heteroatoms. The van der Waals surface area contributed by atoms with Crippen LogP contribution in [0.3, 0.4) is 0 Å². The van der Waals surface area contributed by atoms with Crippen LogP contribution in [-0.2, 0) is 7.05 Å². The minimum absolute atomic E-state index is 0.195. The Labute approximate surface area is 239 Å². The molecular weight excluding hydrogens is 532 g/mol. The number of aryl methyl sites for hydroxylation is 4. The summed E-state index contributed by atoms with van der Waals surface area (Å²) < 4.78 is 23.9. The number of halogens is 1. The second-order valence-electron chi connectivity index (χ2n) is 10.7. The van der Waals surface area contributed by atoms with Crippen LogP contribution in [-0.4, -0.2) is 4.57 Å². The molecule has 0 aliphatic carbocycles. The molecule has 0 spiro atoms. The van der Waals surface area contributed by atoms with Crippen LogP contribution in [0.15, 0.2) is 84.9 Å². The van der Waals surface area contributed by atoms with Gasteiger partial charge in [-0.05, 0) is 80.4 Å². The summed E-state index contributed by atoms with van der Waals surface area (Å²) in [6.45, 7) is 6.70. The highest BCUT2D eigenvalue weighted by atomic mass is 32.1. The Kier molecular flexibility index (Phi) is 5.04. The van der Waals surface area contributed by atoms with E-state index in [0.717, 1.165) is 15.9 Å². The van der Waals surface area contributed by atoms with Gasteiger partial charge in [0.25, 0.3) is 5.82 Å². The van der Waals surface area contributed by atoms with Crippen molar-refractivity contribution in [1.82, 2.24) is 4.57 Å². The summed E-state index contributed by atoms with van der Waals surface area (Å²) in [4.78, 5) is 0. The van der Waals surface area contributed by atoms with Crippen molar-refractivity contribution < 1.29 is 8.96 Å². The number of aromatic nitrogens is 2. The SMILES string of the molecule is Cc1cc2c(sc3ccccc32)c(C)c1-n1c(-c2c(C)ccc3sc4cc(F)ccc4c23)[n+](C)c2ccccc21. The monoisotopic (exact) mass is 557 g/mol. The van der Waals surface area contributed by atoms with Crippen molar-refractivity contribution in [1.29, 1.82) is 0 Å². The summed E-state index contributed by atoms with van der Waals surface area (Å²) in [7, 11) is 2.17. The van der Waals surface area contributed by atoms with Crippen molar-refractivity contribution in [2.24, 2.45) is 7.05 Å². The van der Waals surface area contributed by atoms with E-state index < -0.39 is 0 Å². The van der Waals surface area contributed by atoms with E-state index in [-0.39, 0.29) is 5.82 Å². The summed E-state index contributed by atoms with van der Waals surface area (Å²) in [5, 5.41) is 4.94. The number of hydrogen-bond acceptors (Lipinski definition) is 2. The van der Waals surface area contributed by atoms with Gasteiger partial charge in [0.15, 0.2) is 11.0 Å². The molecule has 5 aromatic carbocycles. The molecule has 3 heterocycles. The van der Waals surface area contributed by atoms with Gasteiger partial charge in [-0.15, -0.1) is 22.7 Å². The molecule has 2 nitrogen and oxygen atoms in total. The maximum Gasteiger partial charge on any atom is 0.295 e. The van der Waals surface area contributed by atoms with E-state index in [1.165, 1.54) is 69.2 Å². The standard InChI is InChI=1S/C35H26FN2S2/c1-19-13-16-29-32(24-15-14-22(36)18-30(24)39-29)31(19)35-37(4)26-10-6-7-11-27(26)38(35)33-20(2)17-25-23-9-5-8-12-28(23)40-34(25)21(33)3/h5-18H,1-4H3/q+1. The summed E-state index contributed by atoms with van der Waals surface area (Å²) >= 11 is 3.54. The minimum Gasteiger partial charge on any atom is -0.225 e. The van der Waals surface area contributed by atoms with Gasteiger partial charge in [0.2, 0.25) is 0 Å². The average Bonchev–Trinajstić information content (AvgIpc) is 3.59. The second-order valence-corrected chi connectivity index (χ2v) is 12.9. The first-order valence-electron chi connectivity index (χ1n) is 13.5. The van der Waals surface area contributed by atoms with E-state index in [2.05, 4.69) is 104 Å². The molecule has 0 fully saturated rings. The third kappa shape index (κ3) is 3.16. The van der Waals surface area contributed by atoms with E-state index >= 15 is 0 Å². The summed E-state index contributed by atoms with van der Waals surface area (Å²) in [6, 6.07) is 29.3. The van der Waals surface area contributed by atoms with Crippen molar-refractivity contribution in [2.45, 2.75) is 20.8 Å². The predicted molar refractivity (Wildman–Crippen MR) is 170 cm³/mol. The van der Waals surface area contributed by atoms with Crippen LogP contribution in [0.2, 0.25) is 0 Å². The van der Waals surface area contributed by atoms with Crippen molar-refractivity contribution in [3.63, 3.8) is 0 Å². The third-order valence-electron chi connectivity index (χ3n) is 8.33. The lowest BCUT2D eigenvalue weighted by Crippen LogP contribution is -2.30. The molecule has 0 N–H and O–H groups in total. The lowest BCUT2D eigenvalue weighted by Gasteiger charge is -2.13. The second kappa shape index (κ2) is 8.47. The largest absolute Gasteiger partial charge is 0.295 e. The normalized spacial score (nSPS) is 12.1. The summed E-state index contributed by atoms with van der Waals surface area (Å²) in [5.74, 6) is 0.944. The van der Waals surface area contributed by atoms with E-state index in [0.29, 0.717) is 0 Å². The smallest absolute Gasteiger partial charge is 0.225 e. The average molecular weight is 558 g/mol. The lowest BCUT2D eigenvalue weighted by molar-refractivity contribution is -0.633. The zero-order valence-electron chi connectivity index (χ0n) is 22.7. The molecule has 0 amide bonds. The Hall–Kier alpha value is -4.06. The van der Waals surface area contributed by atoms with Crippen LogP contribution >= 0.6 is 22.7 Å². The van der Waals surface area contributed by atoms with Gasteiger partial charge in [-0.1, -0.05) is 36.4 Å². The Morgan fingerprint density at radius 2 is 1.50 bits per heavy atom. The molecule has 0 aliphatic heterocycles. The van der Waals surface area contributed by atoms with E-state index in [9.17, 15) is 4.39 Å². The molecule has 194 valence electrons. The number of para-hydroxylation sites is 2. The summed E-state index contributed by atoms with van der Waals surface area (Å²) in [6.07, 6.45) is 0. The van der Waals surface area contributed by atoms with Crippen molar-refractivity contribution in [2.75, 3.05) is 0 Å². The van der Waals surface area contributed by atoms with Gasteiger partial charge in [-0.25, -0.2) is 8.96 Å². The van der Waals surface area contributed by atoms with Crippen LogP contribution in [0.5, 0.6) is 0 Å². The molecule has 3 aromatic heterocycles. The maximum absolute atomic E-state index is 14.2. The van der Waals surface area contributed by atoms with Crippen LogP contribution < -0.4 is 4.57 Å². The fourth-order valence-corrected chi connectivity index (χ4v) is 8.90. The molecule has 0 unspecified atom stereocenters. The van der Waals surface area contributed by atoms with Crippen LogP contribution in [0.25, 0.3) is 68.5 Å². The molecule has 8 aromatic rings. The fourth-order valence-electron chi connectivity index (χ4n) is 6.57. The van der Waals surface area contributed by atoms with Crippen LogP contribution in [0.4, 0.5) is 4.39 Å². The quantitative estimate of drug-likeness (QED) is 0.187. The van der Waals surface area contributed by atoms with Gasteiger partial charge in [0.05, 0.1) is 12.6 Å². The van der Waals surface area contributed by atoms with Gasteiger partial charge in [-0.3, -0.25) is 0 Å². The molecule has 0 bridgehead atoms. The molecule has 0 radical (unpaired) electrons. The number of nitrogens with zero attached hydrogens (tertiary/aromatic N) is 2. The van der Waals surface area contributed by atoms with Crippen molar-refractivity contribution >= 4 is 74.1 Å². The minimum atomic E-state index is -0.195. The first-order chi connectivity index (χ1) is 19.4. The molecular formula is C35H26FN2S2+. The van der Waals surface area contributed by atoms with Gasteiger partial charge in [-0.2, -0.15) is 4.57 Å². The lowest BCUT2D eigenvalue weighted by atomic mass is 9.99. The number of hydrogen-bond donors (Lipinski definition) is 0. The van der Waals surface area contributed by atoms with Crippen LogP contribution in [0.1, 0.15) is 16.7 Å². The highest BCUT2D eigenvalue weighted by Crippen LogP contribution is 2.45. The number of rotatable bonds is 2. The van der Waals surface area contributed by atoms with E-state index in [1.54, 1.807) is 23.5 Å². The molecule has 40 heavy (non-hydrogen) atoms. The number of thiophene rings is 2. The Balaban J connectivity index is 1.56. The van der Waals surface area contributed by atoms with Gasteiger partial charge in [0, 0.05) is 45.9 Å². The van der Waals surface area contributed by atoms with Crippen molar-refractivity contribution in [3.8, 4) is 17.1 Å². The van der Waals surface area contributed by atoms with E-state index in [4.69, 9.17) is 0 Å². The highest BCUT2D eigenvalue weighted by molar-refractivity contribution is 7.26. The Morgan fingerprint density at radius 1 is 0.700 bits per heavy atom. The Morgan fingerprint density at radius 3 is 2.38 bits per heavy atom. The maximum atomic E-state index is 14.2. The zero-order chi connectivity index (χ0) is 27.3. The fraction of sp³-hybridized carbons (Fsp3) is 0.114. The first kappa shape index (κ1) is 23.8. The summed E-state index contributed by atoms with van der Waals surface area (Å²) in [5.41, 5.74) is 8.52. The van der Waals surface area contributed by atoms with Gasteiger partial charge >= 0.3 is 0 Å². The highest BCUT2D eigenvalue weighted by Gasteiger charge is 2.32. The third-order valence-corrected chi connectivity index (χ3v) is 10.8. The van der Waals surface area contributed by atoms with Gasteiger partial charge in [0.1, 0.15) is 11.5 Å². The van der Waals surface area contributed by atoms with E-state index in [1.807, 2.05) is 17.4 Å². The number of fused-ring (bicyclic) bond motifs is 7. The number of imidazole rings is 1. The molecule has 0 atom stereocenters. The number of benzene rings is 5.